The maximum atomic E-state index is 13.1. The Morgan fingerprint density at radius 2 is 1.93 bits per heavy atom. The summed E-state index contributed by atoms with van der Waals surface area (Å²) in [5.74, 6) is 0.971. The van der Waals surface area contributed by atoms with Gasteiger partial charge in [-0.2, -0.15) is 5.10 Å². The van der Waals surface area contributed by atoms with Crippen LogP contribution in [0.3, 0.4) is 0 Å². The summed E-state index contributed by atoms with van der Waals surface area (Å²) >= 11 is 0. The molecule has 0 unspecified atom stereocenters. The fraction of sp³-hybridized carbons (Fsp3) is 0.450. The van der Waals surface area contributed by atoms with Gasteiger partial charge >= 0.3 is 0 Å². The van der Waals surface area contributed by atoms with Gasteiger partial charge in [0.1, 0.15) is 17.8 Å². The number of ketones is 1. The second-order valence-electron chi connectivity index (χ2n) is 7.74. The van der Waals surface area contributed by atoms with E-state index < -0.39 is 0 Å². The molecule has 9 heteroatoms. The van der Waals surface area contributed by atoms with Crippen LogP contribution in [0, 0.1) is 6.92 Å². The third-order valence-electron chi connectivity index (χ3n) is 6.03. The van der Waals surface area contributed by atoms with Crippen molar-refractivity contribution in [3.8, 4) is 0 Å². The maximum absolute atomic E-state index is 13.1. The topological polar surface area (TPSA) is 100 Å². The molecule has 0 spiro atoms. The highest BCUT2D eigenvalue weighted by Crippen LogP contribution is 2.28. The number of Topliss-reactive ketones (excluding diaryl/α,β-unsaturated/α-hetero) is 1. The lowest BCUT2D eigenvalue weighted by molar-refractivity contribution is 0.0740. The smallest absolute Gasteiger partial charge is 0.270 e. The van der Waals surface area contributed by atoms with Crippen molar-refractivity contribution < 1.29 is 9.59 Å². The van der Waals surface area contributed by atoms with E-state index in [4.69, 9.17) is 0 Å². The fourth-order valence-electron chi connectivity index (χ4n) is 4.47. The fourth-order valence-corrected chi connectivity index (χ4v) is 4.47. The van der Waals surface area contributed by atoms with Crippen molar-refractivity contribution in [2.45, 2.75) is 26.2 Å². The Hall–Kier alpha value is -3.23. The highest BCUT2D eigenvalue weighted by Gasteiger charge is 2.30. The number of aromatic amines is 1. The van der Waals surface area contributed by atoms with Crippen LogP contribution in [0.1, 0.15) is 44.9 Å². The normalized spacial score (nSPS) is 17.1. The van der Waals surface area contributed by atoms with Gasteiger partial charge in [0.2, 0.25) is 0 Å². The van der Waals surface area contributed by atoms with Crippen molar-refractivity contribution in [1.29, 1.82) is 0 Å². The molecule has 0 saturated carbocycles. The van der Waals surface area contributed by atoms with Crippen LogP contribution in [-0.4, -0.2) is 67.5 Å². The Morgan fingerprint density at radius 1 is 1.14 bits per heavy atom. The van der Waals surface area contributed by atoms with E-state index in [0.717, 1.165) is 46.5 Å². The van der Waals surface area contributed by atoms with Gasteiger partial charge in [-0.05, 0) is 25.3 Å². The van der Waals surface area contributed by atoms with E-state index in [9.17, 15) is 9.59 Å². The number of aromatic nitrogens is 5. The summed E-state index contributed by atoms with van der Waals surface area (Å²) in [4.78, 5) is 41.4. The molecule has 1 aliphatic heterocycles. The second-order valence-corrected chi connectivity index (χ2v) is 7.74. The number of fused-ring (bicyclic) bond motifs is 2. The molecule has 3 aromatic heterocycles. The molecule has 0 aromatic carbocycles. The van der Waals surface area contributed by atoms with Crippen LogP contribution < -0.4 is 4.90 Å². The number of nitrogens with one attached hydrogen (secondary N) is 1. The number of carbonyl (C=O) groups excluding carboxylic acids is 2. The standard InChI is InChI=1S/C20H23N7O2/c1-12-16-14(4-3-5-15(16)28)24-17(12)20(29)27-8-6-26(7-9-27)19-13-10-23-25(2)18(13)21-11-22-19/h10-11,24H,3-9H2,1-2H3. The number of piperazine rings is 1. The van der Waals surface area contributed by atoms with Crippen LogP contribution in [0.25, 0.3) is 11.0 Å². The summed E-state index contributed by atoms with van der Waals surface area (Å²) < 4.78 is 1.73. The molecule has 1 saturated heterocycles. The zero-order chi connectivity index (χ0) is 20.1. The minimum Gasteiger partial charge on any atom is -0.354 e. The lowest BCUT2D eigenvalue weighted by atomic mass is 9.93. The molecule has 150 valence electrons. The van der Waals surface area contributed by atoms with Gasteiger partial charge in [0.15, 0.2) is 11.4 Å². The molecule has 2 aliphatic rings. The third-order valence-corrected chi connectivity index (χ3v) is 6.03. The van der Waals surface area contributed by atoms with Gasteiger partial charge in [0.05, 0.1) is 11.6 Å². The van der Waals surface area contributed by atoms with Crippen LogP contribution in [0.15, 0.2) is 12.5 Å². The highest BCUT2D eigenvalue weighted by molar-refractivity contribution is 6.04. The van der Waals surface area contributed by atoms with Crippen LogP contribution in [-0.2, 0) is 13.5 Å². The summed E-state index contributed by atoms with van der Waals surface area (Å²) in [5, 5.41) is 5.19. The largest absolute Gasteiger partial charge is 0.354 e. The molecule has 0 bridgehead atoms. The summed E-state index contributed by atoms with van der Waals surface area (Å²) in [6.07, 6.45) is 5.59. The average molecular weight is 393 g/mol. The molecule has 9 nitrogen and oxygen atoms in total. The predicted molar refractivity (Wildman–Crippen MR) is 107 cm³/mol. The molecular weight excluding hydrogens is 370 g/mol. The molecule has 5 rings (SSSR count). The SMILES string of the molecule is Cc1c(C(=O)N2CCN(c3ncnc4c3cnn4C)CC2)[nH]c2c1C(=O)CCC2. The zero-order valence-corrected chi connectivity index (χ0v) is 16.6. The van der Waals surface area contributed by atoms with E-state index in [-0.39, 0.29) is 11.7 Å². The van der Waals surface area contributed by atoms with Gasteiger partial charge in [0.25, 0.3) is 5.91 Å². The van der Waals surface area contributed by atoms with Crippen molar-refractivity contribution in [2.24, 2.45) is 7.05 Å². The minimum atomic E-state index is -0.0291. The molecule has 0 atom stereocenters. The molecule has 1 fully saturated rings. The molecule has 1 N–H and O–H groups in total. The van der Waals surface area contributed by atoms with Crippen LogP contribution in [0.2, 0.25) is 0 Å². The highest BCUT2D eigenvalue weighted by atomic mass is 16.2. The first-order valence-electron chi connectivity index (χ1n) is 9.96. The summed E-state index contributed by atoms with van der Waals surface area (Å²) in [6, 6.07) is 0. The van der Waals surface area contributed by atoms with Gasteiger partial charge in [-0.3, -0.25) is 14.3 Å². The van der Waals surface area contributed by atoms with Gasteiger partial charge < -0.3 is 14.8 Å². The van der Waals surface area contributed by atoms with Gasteiger partial charge in [-0.15, -0.1) is 0 Å². The Kier molecular flexibility index (Phi) is 4.11. The lowest BCUT2D eigenvalue weighted by Gasteiger charge is -2.35. The quantitative estimate of drug-likeness (QED) is 0.708. The number of carbonyl (C=O) groups is 2. The number of amides is 1. The number of rotatable bonds is 2. The summed E-state index contributed by atoms with van der Waals surface area (Å²) in [5.41, 5.74) is 3.81. The van der Waals surface area contributed by atoms with E-state index in [0.29, 0.717) is 38.3 Å². The molecule has 29 heavy (non-hydrogen) atoms. The third kappa shape index (κ3) is 2.80. The summed E-state index contributed by atoms with van der Waals surface area (Å²) in [7, 11) is 1.86. The Labute approximate surface area is 167 Å². The van der Waals surface area contributed by atoms with Gasteiger partial charge in [0, 0.05) is 50.9 Å². The lowest BCUT2D eigenvalue weighted by Crippen LogP contribution is -2.49. The van der Waals surface area contributed by atoms with Crippen LogP contribution >= 0.6 is 0 Å². The Bertz CT molecular complexity index is 1120. The number of hydrogen-bond acceptors (Lipinski definition) is 6. The second kappa shape index (κ2) is 6.68. The molecular formula is C20H23N7O2. The number of nitrogens with zero attached hydrogens (tertiary/aromatic N) is 6. The van der Waals surface area contributed by atoms with E-state index in [1.165, 1.54) is 0 Å². The van der Waals surface area contributed by atoms with E-state index in [2.05, 4.69) is 25.0 Å². The summed E-state index contributed by atoms with van der Waals surface area (Å²) in [6.45, 7) is 4.45. The van der Waals surface area contributed by atoms with E-state index >= 15 is 0 Å². The number of anilines is 1. The van der Waals surface area contributed by atoms with Crippen molar-refractivity contribution >= 4 is 28.5 Å². The monoisotopic (exact) mass is 393 g/mol. The minimum absolute atomic E-state index is 0.0291. The van der Waals surface area contributed by atoms with E-state index in [1.807, 2.05) is 18.9 Å². The number of aryl methyl sites for hydroxylation is 2. The van der Waals surface area contributed by atoms with Crippen LogP contribution in [0.4, 0.5) is 5.82 Å². The zero-order valence-electron chi connectivity index (χ0n) is 16.6. The maximum Gasteiger partial charge on any atom is 0.270 e. The van der Waals surface area contributed by atoms with Crippen molar-refractivity contribution in [3.05, 3.63) is 35.0 Å². The van der Waals surface area contributed by atoms with Crippen molar-refractivity contribution in [1.82, 2.24) is 29.6 Å². The number of H-pyrrole nitrogens is 1. The van der Waals surface area contributed by atoms with Crippen LogP contribution in [0.5, 0.6) is 0 Å². The first kappa shape index (κ1) is 17.8. The molecule has 4 heterocycles. The number of hydrogen-bond donors (Lipinski definition) is 1. The van der Waals surface area contributed by atoms with E-state index in [1.54, 1.807) is 17.2 Å². The Balaban J connectivity index is 1.34. The van der Waals surface area contributed by atoms with Gasteiger partial charge in [-0.1, -0.05) is 0 Å². The first-order valence-corrected chi connectivity index (χ1v) is 9.96. The average Bonchev–Trinajstić information content (AvgIpc) is 3.29. The molecule has 1 amide bonds. The van der Waals surface area contributed by atoms with Crippen molar-refractivity contribution in [3.63, 3.8) is 0 Å². The molecule has 3 aromatic rings. The van der Waals surface area contributed by atoms with Crippen molar-refractivity contribution in [2.75, 3.05) is 31.1 Å². The Morgan fingerprint density at radius 3 is 2.69 bits per heavy atom. The first-order chi connectivity index (χ1) is 14.0. The molecule has 0 radical (unpaired) electrons. The predicted octanol–water partition coefficient (Wildman–Crippen LogP) is 1.48. The molecule has 1 aliphatic carbocycles. The van der Waals surface area contributed by atoms with Gasteiger partial charge in [-0.25, -0.2) is 9.97 Å².